The highest BCUT2D eigenvalue weighted by atomic mass is 16.5. The van der Waals surface area contributed by atoms with Crippen LogP contribution in [0.5, 0.6) is 0 Å². The van der Waals surface area contributed by atoms with E-state index in [-0.39, 0.29) is 11.6 Å². The molecule has 108 valence electrons. The molecule has 2 heterocycles. The zero-order valence-electron chi connectivity index (χ0n) is 11.5. The van der Waals surface area contributed by atoms with Gasteiger partial charge in [-0.25, -0.2) is 4.79 Å². The Bertz CT molecular complexity index is 720. The highest BCUT2D eigenvalue weighted by Crippen LogP contribution is 2.23. The van der Waals surface area contributed by atoms with Gasteiger partial charge in [0.05, 0.1) is 5.56 Å². The Balaban J connectivity index is 1.86. The van der Waals surface area contributed by atoms with Gasteiger partial charge in [0.15, 0.2) is 5.69 Å². The van der Waals surface area contributed by atoms with Crippen LogP contribution in [0.2, 0.25) is 0 Å². The van der Waals surface area contributed by atoms with Crippen molar-refractivity contribution in [1.82, 2.24) is 10.1 Å². The molecule has 1 aliphatic rings. The molecular weight excluding hydrogens is 272 g/mol. The Hall–Kier alpha value is -2.63. The summed E-state index contributed by atoms with van der Waals surface area (Å²) in [7, 11) is 0. The van der Waals surface area contributed by atoms with Gasteiger partial charge in [-0.3, -0.25) is 4.79 Å². The van der Waals surface area contributed by atoms with E-state index in [1.807, 2.05) is 6.07 Å². The molecule has 1 aliphatic heterocycles. The molecule has 0 radical (unpaired) electrons. The van der Waals surface area contributed by atoms with Crippen LogP contribution in [-0.2, 0) is 13.0 Å². The van der Waals surface area contributed by atoms with Crippen molar-refractivity contribution in [1.29, 1.82) is 0 Å². The summed E-state index contributed by atoms with van der Waals surface area (Å²) in [6.07, 6.45) is 0.528. The highest BCUT2D eigenvalue weighted by Gasteiger charge is 2.26. The molecule has 0 aliphatic carbocycles. The summed E-state index contributed by atoms with van der Waals surface area (Å²) < 4.78 is 4.92. The van der Waals surface area contributed by atoms with Crippen LogP contribution in [0, 0.1) is 6.92 Å². The predicted molar refractivity (Wildman–Crippen MR) is 73.1 cm³/mol. The van der Waals surface area contributed by atoms with Crippen LogP contribution in [0.4, 0.5) is 0 Å². The highest BCUT2D eigenvalue weighted by molar-refractivity contribution is 5.93. The van der Waals surface area contributed by atoms with E-state index in [1.165, 1.54) is 0 Å². The molecule has 0 unspecified atom stereocenters. The van der Waals surface area contributed by atoms with Gasteiger partial charge in [-0.05, 0) is 30.5 Å². The van der Waals surface area contributed by atoms with Gasteiger partial charge >= 0.3 is 5.97 Å². The number of benzene rings is 1. The lowest BCUT2D eigenvalue weighted by molar-refractivity contribution is 0.0694. The maximum absolute atomic E-state index is 12.3. The Morgan fingerprint density at radius 1 is 1.38 bits per heavy atom. The number of amides is 1. The first kappa shape index (κ1) is 13.4. The van der Waals surface area contributed by atoms with Gasteiger partial charge < -0.3 is 14.5 Å². The molecular formula is C15H14N2O4. The number of carboxylic acids is 1. The maximum Gasteiger partial charge on any atom is 0.335 e. The molecule has 1 amide bonds. The molecule has 0 saturated carbocycles. The zero-order chi connectivity index (χ0) is 15.0. The summed E-state index contributed by atoms with van der Waals surface area (Å²) in [4.78, 5) is 25.2. The van der Waals surface area contributed by atoms with E-state index in [0.717, 1.165) is 11.1 Å². The molecule has 2 aromatic rings. The van der Waals surface area contributed by atoms with Crippen LogP contribution in [0.3, 0.4) is 0 Å². The van der Waals surface area contributed by atoms with Gasteiger partial charge in [-0.1, -0.05) is 17.3 Å². The third kappa shape index (κ3) is 2.40. The third-order valence-electron chi connectivity index (χ3n) is 3.63. The molecule has 0 saturated heterocycles. The van der Waals surface area contributed by atoms with Gasteiger partial charge in [-0.15, -0.1) is 0 Å². The van der Waals surface area contributed by atoms with Crippen molar-refractivity contribution in [3.05, 3.63) is 52.4 Å². The first-order valence-electron chi connectivity index (χ1n) is 6.63. The second-order valence-corrected chi connectivity index (χ2v) is 5.05. The molecule has 21 heavy (non-hydrogen) atoms. The largest absolute Gasteiger partial charge is 0.478 e. The van der Waals surface area contributed by atoms with Gasteiger partial charge in [0.2, 0.25) is 0 Å². The first-order chi connectivity index (χ1) is 10.1. The number of carbonyl (C=O) groups is 2. The number of hydrogen-bond donors (Lipinski definition) is 1. The molecule has 0 atom stereocenters. The molecule has 0 spiro atoms. The molecule has 1 aromatic heterocycles. The summed E-state index contributed by atoms with van der Waals surface area (Å²) in [5.41, 5.74) is 2.28. The zero-order valence-corrected chi connectivity index (χ0v) is 11.5. The van der Waals surface area contributed by atoms with Crippen molar-refractivity contribution in [3.8, 4) is 0 Å². The van der Waals surface area contributed by atoms with Crippen molar-refractivity contribution >= 4 is 11.9 Å². The molecule has 3 rings (SSSR count). The Morgan fingerprint density at radius 2 is 2.19 bits per heavy atom. The average molecular weight is 286 g/mol. The van der Waals surface area contributed by atoms with E-state index in [1.54, 1.807) is 30.0 Å². The van der Waals surface area contributed by atoms with Crippen LogP contribution < -0.4 is 0 Å². The number of aryl methyl sites for hydroxylation is 1. The smallest absolute Gasteiger partial charge is 0.335 e. The Labute approximate surface area is 121 Å². The summed E-state index contributed by atoms with van der Waals surface area (Å²) in [5.74, 6) is -0.541. The third-order valence-corrected chi connectivity index (χ3v) is 3.63. The van der Waals surface area contributed by atoms with E-state index in [9.17, 15) is 14.7 Å². The van der Waals surface area contributed by atoms with Crippen LogP contribution >= 0.6 is 0 Å². The average Bonchev–Trinajstić information content (AvgIpc) is 2.91. The van der Waals surface area contributed by atoms with Crippen molar-refractivity contribution in [2.24, 2.45) is 0 Å². The number of hydrogen-bond acceptors (Lipinski definition) is 4. The van der Waals surface area contributed by atoms with Gasteiger partial charge in [-0.2, -0.15) is 0 Å². The number of carboxylic acid groups (broad SMARTS) is 1. The monoisotopic (exact) mass is 286 g/mol. The van der Waals surface area contributed by atoms with Crippen LogP contribution in [-0.4, -0.2) is 33.6 Å². The second-order valence-electron chi connectivity index (χ2n) is 5.05. The maximum atomic E-state index is 12.3. The van der Waals surface area contributed by atoms with Crippen LogP contribution in [0.15, 0.2) is 28.8 Å². The van der Waals surface area contributed by atoms with E-state index in [0.29, 0.717) is 30.8 Å². The molecule has 6 nitrogen and oxygen atoms in total. The fourth-order valence-electron chi connectivity index (χ4n) is 2.61. The fourth-order valence-corrected chi connectivity index (χ4v) is 2.61. The van der Waals surface area contributed by atoms with Gasteiger partial charge in [0.1, 0.15) is 5.76 Å². The minimum Gasteiger partial charge on any atom is -0.478 e. The molecule has 6 heteroatoms. The van der Waals surface area contributed by atoms with E-state index < -0.39 is 5.97 Å². The summed E-state index contributed by atoms with van der Waals surface area (Å²) in [6, 6.07) is 6.76. The van der Waals surface area contributed by atoms with Crippen molar-refractivity contribution < 1.29 is 19.2 Å². The summed E-state index contributed by atoms with van der Waals surface area (Å²) in [6.45, 7) is 2.59. The topological polar surface area (TPSA) is 83.6 Å². The number of aromatic nitrogens is 1. The lowest BCUT2D eigenvalue weighted by atomic mass is 9.94. The number of aromatic carboxylic acids is 1. The molecule has 1 aromatic carbocycles. The summed E-state index contributed by atoms with van der Waals surface area (Å²) in [5, 5.41) is 12.9. The quantitative estimate of drug-likeness (QED) is 0.911. The number of fused-ring (bicyclic) bond motifs is 1. The van der Waals surface area contributed by atoms with Crippen molar-refractivity contribution in [3.63, 3.8) is 0 Å². The predicted octanol–water partition coefficient (Wildman–Crippen LogP) is 1.88. The molecule has 0 bridgehead atoms. The van der Waals surface area contributed by atoms with Crippen LogP contribution in [0.1, 0.15) is 37.7 Å². The number of carbonyl (C=O) groups excluding carboxylic acids is 1. The molecule has 0 fully saturated rings. The van der Waals surface area contributed by atoms with E-state index in [2.05, 4.69) is 5.16 Å². The van der Waals surface area contributed by atoms with Gasteiger partial charge in [0, 0.05) is 19.2 Å². The van der Waals surface area contributed by atoms with E-state index in [4.69, 9.17) is 4.52 Å². The normalized spacial score (nSPS) is 13.9. The van der Waals surface area contributed by atoms with Gasteiger partial charge in [0.25, 0.3) is 5.91 Å². The van der Waals surface area contributed by atoms with Crippen LogP contribution in [0.25, 0.3) is 0 Å². The standard InChI is InChI=1S/C15H14N2O4/c1-9-7-13(16-21-9)14(18)17-6-5-11-10(8-17)3-2-4-12(11)15(19)20/h2-4,7H,5-6,8H2,1H3,(H,19,20). The minimum atomic E-state index is -0.932. The first-order valence-corrected chi connectivity index (χ1v) is 6.63. The minimum absolute atomic E-state index is 0.196. The van der Waals surface area contributed by atoms with Crippen molar-refractivity contribution in [2.45, 2.75) is 19.9 Å². The van der Waals surface area contributed by atoms with E-state index >= 15 is 0 Å². The number of nitrogens with zero attached hydrogens (tertiary/aromatic N) is 2. The molecule has 1 N–H and O–H groups in total. The lowest BCUT2D eigenvalue weighted by Crippen LogP contribution is -2.36. The lowest BCUT2D eigenvalue weighted by Gasteiger charge is -2.29. The summed E-state index contributed by atoms with van der Waals surface area (Å²) >= 11 is 0. The fraction of sp³-hybridized carbons (Fsp3) is 0.267. The van der Waals surface area contributed by atoms with Crippen molar-refractivity contribution in [2.75, 3.05) is 6.54 Å². The Kier molecular flexibility index (Phi) is 3.21. The Morgan fingerprint density at radius 3 is 2.86 bits per heavy atom. The number of rotatable bonds is 2. The SMILES string of the molecule is Cc1cc(C(=O)N2CCc3c(cccc3C(=O)O)C2)no1. The second kappa shape index (κ2) is 5.05.